The van der Waals surface area contributed by atoms with Crippen molar-refractivity contribution in [3.05, 3.63) is 23.4 Å². The second-order valence-electron chi connectivity index (χ2n) is 4.09. The Morgan fingerprint density at radius 1 is 1.33 bits per heavy atom. The number of methoxy groups -OCH3 is 1. The molecule has 2 rings (SSSR count). The summed E-state index contributed by atoms with van der Waals surface area (Å²) in [6, 6.07) is 4.23. The van der Waals surface area contributed by atoms with E-state index in [1.165, 1.54) is 18.5 Å². The van der Waals surface area contributed by atoms with Gasteiger partial charge < -0.3 is 10.1 Å². The van der Waals surface area contributed by atoms with Crippen LogP contribution in [0.5, 0.6) is 5.88 Å². The third-order valence-corrected chi connectivity index (χ3v) is 3.02. The molecule has 0 bridgehead atoms. The third kappa shape index (κ3) is 2.29. The van der Waals surface area contributed by atoms with Gasteiger partial charge in [-0.15, -0.1) is 0 Å². The summed E-state index contributed by atoms with van der Waals surface area (Å²) in [4.78, 5) is 4.56. The first-order valence-corrected chi connectivity index (χ1v) is 5.53. The van der Waals surface area contributed by atoms with Crippen LogP contribution in [0.2, 0.25) is 0 Å². The molecule has 0 aromatic carbocycles. The Morgan fingerprint density at radius 3 is 2.73 bits per heavy atom. The molecule has 3 nitrogen and oxygen atoms in total. The van der Waals surface area contributed by atoms with Crippen molar-refractivity contribution < 1.29 is 4.74 Å². The number of piperidine rings is 1. The molecule has 0 unspecified atom stereocenters. The fraction of sp³-hybridized carbons (Fsp3) is 0.583. The number of hydrogen-bond donors (Lipinski definition) is 1. The number of nitrogens with zero attached hydrogens (tertiary/aromatic N) is 1. The van der Waals surface area contributed by atoms with Crippen LogP contribution in [0.3, 0.4) is 0 Å². The normalized spacial score (nSPS) is 17.7. The lowest BCUT2D eigenvalue weighted by atomic mass is 9.94. The highest BCUT2D eigenvalue weighted by Gasteiger charge is 2.17. The number of hydrogen-bond acceptors (Lipinski definition) is 3. The van der Waals surface area contributed by atoms with E-state index in [9.17, 15) is 0 Å². The lowest BCUT2D eigenvalue weighted by Gasteiger charge is -2.22. The molecule has 0 atom stereocenters. The predicted octanol–water partition coefficient (Wildman–Crippen LogP) is 1.87. The van der Waals surface area contributed by atoms with E-state index in [0.717, 1.165) is 24.5 Å². The summed E-state index contributed by atoms with van der Waals surface area (Å²) in [5.74, 6) is 1.37. The van der Waals surface area contributed by atoms with Crippen molar-refractivity contribution in [2.24, 2.45) is 0 Å². The molecule has 0 radical (unpaired) electrons. The predicted molar refractivity (Wildman–Crippen MR) is 60.4 cm³/mol. The maximum absolute atomic E-state index is 5.25. The Bertz CT molecular complexity index is 332. The molecule has 0 saturated carbocycles. The van der Waals surface area contributed by atoms with Crippen LogP contribution in [0.15, 0.2) is 12.1 Å². The number of nitrogens with one attached hydrogen (secondary N) is 1. The minimum absolute atomic E-state index is 0.598. The molecule has 1 saturated heterocycles. The molecule has 1 aliphatic rings. The summed E-state index contributed by atoms with van der Waals surface area (Å²) < 4.78 is 5.25. The van der Waals surface area contributed by atoms with E-state index in [4.69, 9.17) is 4.74 Å². The number of rotatable bonds is 2. The fourth-order valence-electron chi connectivity index (χ4n) is 2.08. The van der Waals surface area contributed by atoms with Gasteiger partial charge in [0, 0.05) is 17.2 Å². The van der Waals surface area contributed by atoms with Crippen LogP contribution in [-0.2, 0) is 0 Å². The second kappa shape index (κ2) is 4.62. The molecule has 82 valence electrons. The monoisotopic (exact) mass is 206 g/mol. The van der Waals surface area contributed by atoms with Crippen molar-refractivity contribution in [1.82, 2.24) is 10.3 Å². The van der Waals surface area contributed by atoms with E-state index >= 15 is 0 Å². The topological polar surface area (TPSA) is 34.1 Å². The molecule has 0 spiro atoms. The van der Waals surface area contributed by atoms with Crippen molar-refractivity contribution in [2.45, 2.75) is 25.7 Å². The Morgan fingerprint density at radius 2 is 2.07 bits per heavy atom. The number of pyridine rings is 1. The molecular weight excluding hydrogens is 188 g/mol. The van der Waals surface area contributed by atoms with Gasteiger partial charge in [-0.25, -0.2) is 4.98 Å². The lowest BCUT2D eigenvalue weighted by molar-refractivity contribution is 0.386. The molecular formula is C12H18N2O. The van der Waals surface area contributed by atoms with Gasteiger partial charge in [-0.3, -0.25) is 0 Å². The van der Waals surface area contributed by atoms with Crippen molar-refractivity contribution >= 4 is 0 Å². The zero-order chi connectivity index (χ0) is 10.7. The van der Waals surface area contributed by atoms with Gasteiger partial charge >= 0.3 is 0 Å². The minimum Gasteiger partial charge on any atom is -0.481 e. The summed E-state index contributed by atoms with van der Waals surface area (Å²) >= 11 is 0. The maximum atomic E-state index is 5.25. The van der Waals surface area contributed by atoms with Crippen molar-refractivity contribution in [3.63, 3.8) is 0 Å². The van der Waals surface area contributed by atoms with E-state index in [1.54, 1.807) is 7.11 Å². The van der Waals surface area contributed by atoms with Gasteiger partial charge in [-0.1, -0.05) is 6.07 Å². The largest absolute Gasteiger partial charge is 0.481 e. The molecule has 1 aromatic rings. The van der Waals surface area contributed by atoms with Gasteiger partial charge in [0.1, 0.15) is 0 Å². The molecule has 15 heavy (non-hydrogen) atoms. The molecule has 0 amide bonds. The molecule has 0 aliphatic carbocycles. The minimum atomic E-state index is 0.598. The van der Waals surface area contributed by atoms with E-state index < -0.39 is 0 Å². The summed E-state index contributed by atoms with van der Waals surface area (Å²) in [5.41, 5.74) is 2.29. The van der Waals surface area contributed by atoms with Crippen LogP contribution in [0.4, 0.5) is 0 Å². The zero-order valence-corrected chi connectivity index (χ0v) is 9.42. The number of aromatic nitrogens is 1. The van der Waals surface area contributed by atoms with Gasteiger partial charge in [-0.05, 0) is 38.9 Å². The number of ether oxygens (including phenoxy) is 1. The Balaban J connectivity index is 2.20. The summed E-state index contributed by atoms with van der Waals surface area (Å²) in [7, 11) is 1.68. The van der Waals surface area contributed by atoms with Crippen molar-refractivity contribution in [2.75, 3.05) is 20.2 Å². The molecule has 1 aromatic heterocycles. The highest BCUT2D eigenvalue weighted by Crippen LogP contribution is 2.26. The van der Waals surface area contributed by atoms with Crippen molar-refractivity contribution in [1.29, 1.82) is 0 Å². The molecule has 1 N–H and O–H groups in total. The van der Waals surface area contributed by atoms with Crippen LogP contribution in [-0.4, -0.2) is 25.2 Å². The van der Waals surface area contributed by atoms with Crippen LogP contribution in [0, 0.1) is 6.92 Å². The standard InChI is InChI=1S/C12H18N2O/c1-9-3-4-11(14-12(9)15-2)10-5-7-13-8-6-10/h3-4,10,13H,5-8H2,1-2H3. The van der Waals surface area contributed by atoms with Gasteiger partial charge in [-0.2, -0.15) is 0 Å². The van der Waals surface area contributed by atoms with Crippen molar-refractivity contribution in [3.8, 4) is 5.88 Å². The van der Waals surface area contributed by atoms with E-state index in [-0.39, 0.29) is 0 Å². The quantitative estimate of drug-likeness (QED) is 0.802. The van der Waals surface area contributed by atoms with Gasteiger partial charge in [0.15, 0.2) is 0 Å². The SMILES string of the molecule is COc1nc(C2CCNCC2)ccc1C. The fourth-order valence-corrected chi connectivity index (χ4v) is 2.08. The molecule has 3 heteroatoms. The average Bonchev–Trinajstić information content (AvgIpc) is 2.31. The maximum Gasteiger partial charge on any atom is 0.216 e. The highest BCUT2D eigenvalue weighted by molar-refractivity contribution is 5.28. The van der Waals surface area contributed by atoms with E-state index in [2.05, 4.69) is 22.4 Å². The smallest absolute Gasteiger partial charge is 0.216 e. The first-order chi connectivity index (χ1) is 7.31. The average molecular weight is 206 g/mol. The second-order valence-corrected chi connectivity index (χ2v) is 4.09. The van der Waals surface area contributed by atoms with Crippen LogP contribution in [0.1, 0.15) is 30.0 Å². The lowest BCUT2D eigenvalue weighted by Crippen LogP contribution is -2.27. The van der Waals surface area contributed by atoms with E-state index in [0.29, 0.717) is 5.92 Å². The van der Waals surface area contributed by atoms with Gasteiger partial charge in [0.25, 0.3) is 0 Å². The third-order valence-electron chi connectivity index (χ3n) is 3.02. The molecule has 2 heterocycles. The van der Waals surface area contributed by atoms with Crippen LogP contribution in [0.25, 0.3) is 0 Å². The Labute approximate surface area is 90.9 Å². The summed E-state index contributed by atoms with van der Waals surface area (Å²) in [6.07, 6.45) is 2.36. The Kier molecular flexibility index (Phi) is 3.21. The van der Waals surface area contributed by atoms with Crippen LogP contribution >= 0.6 is 0 Å². The summed E-state index contributed by atoms with van der Waals surface area (Å²) in [5, 5.41) is 3.37. The highest BCUT2D eigenvalue weighted by atomic mass is 16.5. The first kappa shape index (κ1) is 10.4. The molecule has 1 aliphatic heterocycles. The van der Waals surface area contributed by atoms with E-state index in [1.807, 2.05) is 6.92 Å². The first-order valence-electron chi connectivity index (χ1n) is 5.53. The zero-order valence-electron chi connectivity index (χ0n) is 9.42. The van der Waals surface area contributed by atoms with Gasteiger partial charge in [0.05, 0.1) is 7.11 Å². The summed E-state index contributed by atoms with van der Waals surface area (Å²) in [6.45, 7) is 4.23. The molecule has 1 fully saturated rings. The van der Waals surface area contributed by atoms with Crippen LogP contribution < -0.4 is 10.1 Å². The Hall–Kier alpha value is -1.09. The number of aryl methyl sites for hydroxylation is 1. The van der Waals surface area contributed by atoms with Gasteiger partial charge in [0.2, 0.25) is 5.88 Å².